The van der Waals surface area contributed by atoms with Crippen molar-refractivity contribution < 1.29 is 23.8 Å². The maximum absolute atomic E-state index is 11.6. The second-order valence-electron chi connectivity index (χ2n) is 4.78. The summed E-state index contributed by atoms with van der Waals surface area (Å²) in [4.78, 5) is 23.1. The van der Waals surface area contributed by atoms with Crippen molar-refractivity contribution in [1.29, 1.82) is 0 Å². The minimum Gasteiger partial charge on any atom is -0.466 e. The largest absolute Gasteiger partial charge is 0.466 e. The van der Waals surface area contributed by atoms with Crippen molar-refractivity contribution in [1.82, 2.24) is 0 Å². The third-order valence-electron chi connectivity index (χ3n) is 3.89. The third kappa shape index (κ3) is 1.48. The van der Waals surface area contributed by atoms with E-state index in [1.54, 1.807) is 13.8 Å². The molecule has 3 rings (SSSR count). The zero-order valence-electron chi connectivity index (χ0n) is 9.92. The van der Waals surface area contributed by atoms with Crippen molar-refractivity contribution >= 4 is 11.9 Å². The van der Waals surface area contributed by atoms with Gasteiger partial charge in [-0.3, -0.25) is 9.59 Å². The Hall–Kier alpha value is -1.10. The van der Waals surface area contributed by atoms with E-state index < -0.39 is 0 Å². The first kappa shape index (κ1) is 11.0. The topological polar surface area (TPSA) is 61.8 Å². The van der Waals surface area contributed by atoms with E-state index >= 15 is 0 Å². The number of carbonyl (C=O) groups is 2. The molecule has 94 valence electrons. The number of fused-ring (bicyclic) bond motifs is 3. The Bertz CT molecular complexity index is 332. The van der Waals surface area contributed by atoms with Crippen LogP contribution in [0.2, 0.25) is 0 Å². The van der Waals surface area contributed by atoms with Crippen molar-refractivity contribution in [2.24, 2.45) is 23.7 Å². The van der Waals surface area contributed by atoms with Gasteiger partial charge in [-0.1, -0.05) is 0 Å². The van der Waals surface area contributed by atoms with Gasteiger partial charge in [0.05, 0.1) is 37.3 Å². The van der Waals surface area contributed by atoms with Crippen molar-refractivity contribution in [3.63, 3.8) is 0 Å². The molecule has 6 atom stereocenters. The Kier molecular flexibility index (Phi) is 2.40. The quantitative estimate of drug-likeness (QED) is 0.664. The highest BCUT2D eigenvalue weighted by Gasteiger charge is 2.79. The molecule has 0 aromatic heterocycles. The predicted octanol–water partition coefficient (Wildman–Crippen LogP) is 0.372. The fourth-order valence-electron chi connectivity index (χ4n) is 3.12. The van der Waals surface area contributed by atoms with Crippen LogP contribution in [-0.2, 0) is 23.8 Å². The molecule has 0 bridgehead atoms. The molecule has 0 aromatic carbocycles. The highest BCUT2D eigenvalue weighted by molar-refractivity contribution is 5.82. The molecule has 17 heavy (non-hydrogen) atoms. The molecule has 2 saturated carbocycles. The van der Waals surface area contributed by atoms with Crippen molar-refractivity contribution in [3.05, 3.63) is 0 Å². The van der Waals surface area contributed by atoms with Crippen LogP contribution in [0.4, 0.5) is 0 Å². The average Bonchev–Trinajstić information content (AvgIpc) is 3.14. The number of hydrogen-bond donors (Lipinski definition) is 0. The lowest BCUT2D eigenvalue weighted by molar-refractivity contribution is -0.146. The molecule has 1 saturated heterocycles. The maximum atomic E-state index is 11.6. The van der Waals surface area contributed by atoms with Crippen LogP contribution in [0.5, 0.6) is 0 Å². The van der Waals surface area contributed by atoms with Crippen molar-refractivity contribution in [2.75, 3.05) is 13.2 Å². The second kappa shape index (κ2) is 3.70. The van der Waals surface area contributed by atoms with Gasteiger partial charge in [-0.05, 0) is 13.8 Å². The highest BCUT2D eigenvalue weighted by Crippen LogP contribution is 2.68. The summed E-state index contributed by atoms with van der Waals surface area (Å²) in [5.41, 5.74) is 0. The van der Waals surface area contributed by atoms with Gasteiger partial charge in [0, 0.05) is 11.8 Å². The molecule has 0 N–H and O–H groups in total. The van der Waals surface area contributed by atoms with Crippen LogP contribution in [0.1, 0.15) is 13.8 Å². The smallest absolute Gasteiger partial charge is 0.311 e. The molecule has 1 heterocycles. The normalized spacial score (nSPS) is 44.6. The van der Waals surface area contributed by atoms with E-state index in [0.29, 0.717) is 13.2 Å². The molecule has 0 unspecified atom stereocenters. The molecular weight excluding hydrogens is 224 g/mol. The van der Waals surface area contributed by atoms with Crippen LogP contribution >= 0.6 is 0 Å². The number of carbonyl (C=O) groups excluding carboxylic acids is 2. The first-order chi connectivity index (χ1) is 8.20. The molecule has 1 aliphatic heterocycles. The minimum absolute atomic E-state index is 0.00488. The lowest BCUT2D eigenvalue weighted by Crippen LogP contribution is -2.14. The van der Waals surface area contributed by atoms with Gasteiger partial charge in [-0.15, -0.1) is 0 Å². The van der Waals surface area contributed by atoms with Crippen LogP contribution in [0.25, 0.3) is 0 Å². The fraction of sp³-hybridized carbons (Fsp3) is 0.833. The van der Waals surface area contributed by atoms with Gasteiger partial charge in [-0.25, -0.2) is 0 Å². The zero-order chi connectivity index (χ0) is 12.2. The van der Waals surface area contributed by atoms with E-state index in [2.05, 4.69) is 0 Å². The van der Waals surface area contributed by atoms with E-state index in [1.807, 2.05) is 0 Å². The van der Waals surface area contributed by atoms with E-state index in [0.717, 1.165) is 0 Å². The van der Waals surface area contributed by atoms with Crippen LogP contribution in [0.3, 0.4) is 0 Å². The predicted molar refractivity (Wildman–Crippen MR) is 55.9 cm³/mol. The molecule has 0 radical (unpaired) electrons. The Labute approximate surface area is 99.4 Å². The highest BCUT2D eigenvalue weighted by atomic mass is 16.6. The molecule has 0 spiro atoms. The summed E-state index contributed by atoms with van der Waals surface area (Å²) < 4.78 is 15.6. The Balaban J connectivity index is 1.57. The van der Waals surface area contributed by atoms with E-state index in [-0.39, 0.29) is 47.8 Å². The number of rotatable bonds is 4. The first-order valence-electron chi connectivity index (χ1n) is 6.19. The molecular formula is C12H16O5. The van der Waals surface area contributed by atoms with Gasteiger partial charge in [0.1, 0.15) is 0 Å². The van der Waals surface area contributed by atoms with Gasteiger partial charge >= 0.3 is 11.9 Å². The molecule has 0 aromatic rings. The lowest BCUT2D eigenvalue weighted by atomic mass is 10.2. The van der Waals surface area contributed by atoms with E-state index in [4.69, 9.17) is 14.2 Å². The van der Waals surface area contributed by atoms with Crippen molar-refractivity contribution in [3.8, 4) is 0 Å². The van der Waals surface area contributed by atoms with Gasteiger partial charge < -0.3 is 14.2 Å². The Morgan fingerprint density at radius 1 is 0.941 bits per heavy atom. The van der Waals surface area contributed by atoms with E-state index in [9.17, 15) is 9.59 Å². The molecule has 2 aliphatic carbocycles. The SMILES string of the molecule is CCOC(=O)[C@@H]1[C@H]2O[C@@H]3[C@@H](C(=O)OCC)[C@@H]3[C@H]21. The molecule has 0 amide bonds. The Morgan fingerprint density at radius 3 is 1.71 bits per heavy atom. The summed E-state index contributed by atoms with van der Waals surface area (Å²) >= 11 is 0. The van der Waals surface area contributed by atoms with Gasteiger partial charge in [0.25, 0.3) is 0 Å². The van der Waals surface area contributed by atoms with Crippen molar-refractivity contribution in [2.45, 2.75) is 26.1 Å². The molecule has 3 aliphatic rings. The van der Waals surface area contributed by atoms with Crippen LogP contribution in [0, 0.1) is 23.7 Å². The molecule has 5 nitrogen and oxygen atoms in total. The molecule has 5 heteroatoms. The number of hydrogen-bond acceptors (Lipinski definition) is 5. The zero-order valence-corrected chi connectivity index (χ0v) is 9.92. The average molecular weight is 240 g/mol. The first-order valence-corrected chi connectivity index (χ1v) is 6.19. The number of esters is 2. The second-order valence-corrected chi connectivity index (χ2v) is 4.78. The fourth-order valence-corrected chi connectivity index (χ4v) is 3.12. The summed E-state index contributed by atoms with van der Waals surface area (Å²) in [6, 6.07) is 0. The standard InChI is InChI=1S/C12H16O5/c1-3-15-11(13)7-5-6-8(12(14)16-4-2)10(6)17-9(5)7/h5-10H,3-4H2,1-2H3/t5-,6-,7-,8-,9-,10-/m0/s1. The molecule has 3 fully saturated rings. The Morgan fingerprint density at radius 2 is 1.35 bits per heavy atom. The summed E-state index contributed by atoms with van der Waals surface area (Å²) in [6.07, 6.45) is -0.00977. The van der Waals surface area contributed by atoms with Crippen LogP contribution in [-0.4, -0.2) is 37.4 Å². The van der Waals surface area contributed by atoms with Gasteiger partial charge in [0.15, 0.2) is 0 Å². The summed E-state index contributed by atoms with van der Waals surface area (Å²) in [5.74, 6) is -0.279. The lowest BCUT2D eigenvalue weighted by Gasteiger charge is -2.03. The van der Waals surface area contributed by atoms with E-state index in [1.165, 1.54) is 0 Å². The summed E-state index contributed by atoms with van der Waals surface area (Å²) in [5, 5.41) is 0. The van der Waals surface area contributed by atoms with Crippen LogP contribution < -0.4 is 0 Å². The summed E-state index contributed by atoms with van der Waals surface area (Å²) in [6.45, 7) is 4.37. The number of ether oxygens (including phenoxy) is 3. The van der Waals surface area contributed by atoms with Gasteiger partial charge in [-0.2, -0.15) is 0 Å². The monoisotopic (exact) mass is 240 g/mol. The minimum atomic E-state index is -0.185. The maximum Gasteiger partial charge on any atom is 0.311 e. The summed E-state index contributed by atoms with van der Waals surface area (Å²) in [7, 11) is 0. The van der Waals surface area contributed by atoms with Crippen LogP contribution in [0.15, 0.2) is 0 Å². The third-order valence-corrected chi connectivity index (χ3v) is 3.89. The van der Waals surface area contributed by atoms with Gasteiger partial charge in [0.2, 0.25) is 0 Å².